The molecule has 0 bridgehead atoms. The van der Waals surface area contributed by atoms with Crippen LogP contribution in [0.2, 0.25) is 0 Å². The van der Waals surface area contributed by atoms with Crippen LogP contribution in [0, 0.1) is 0 Å². The molecule has 9 heteroatoms. The first-order chi connectivity index (χ1) is 12.3. The molecule has 140 valence electrons. The highest BCUT2D eigenvalue weighted by atomic mass is 32.2. The molecule has 0 saturated carbocycles. The largest absolute Gasteiger partial charge is 0.497 e. The summed E-state index contributed by atoms with van der Waals surface area (Å²) in [4.78, 5) is 20.8. The Kier molecular flexibility index (Phi) is 5.01. The third-order valence-corrected chi connectivity index (χ3v) is 5.20. The molecule has 8 nitrogen and oxygen atoms in total. The van der Waals surface area contributed by atoms with Crippen LogP contribution in [-0.2, 0) is 29.3 Å². The molecule has 2 aromatic rings. The first kappa shape index (κ1) is 18.4. The van der Waals surface area contributed by atoms with Crippen molar-refractivity contribution in [1.29, 1.82) is 0 Å². The minimum absolute atomic E-state index is 0.286. The first-order valence-electron chi connectivity index (χ1n) is 8.06. The van der Waals surface area contributed by atoms with Gasteiger partial charge in [-0.3, -0.25) is 14.7 Å². The van der Waals surface area contributed by atoms with Gasteiger partial charge in [-0.05, 0) is 24.1 Å². The fourth-order valence-corrected chi connectivity index (χ4v) is 3.55. The molecule has 1 aromatic carbocycles. The summed E-state index contributed by atoms with van der Waals surface area (Å²) in [7, 11) is -0.380. The van der Waals surface area contributed by atoms with Gasteiger partial charge in [0.05, 0.1) is 19.9 Å². The van der Waals surface area contributed by atoms with E-state index in [2.05, 4.69) is 14.9 Å². The predicted octanol–water partition coefficient (Wildman–Crippen LogP) is 0.749. The number of hydrogen-bond donors (Lipinski definition) is 1. The lowest BCUT2D eigenvalue weighted by Crippen LogP contribution is -2.35. The SMILES string of the molecule is COc1cc(CN2CCc3c(nc(S(C)(=O)=O)[nH]c3=O)C2)cc(OC)c1. The summed E-state index contributed by atoms with van der Waals surface area (Å²) >= 11 is 0. The number of nitrogens with zero attached hydrogens (tertiary/aromatic N) is 2. The Bertz CT molecular complexity index is 962. The molecule has 0 atom stereocenters. The molecule has 0 saturated heterocycles. The normalized spacial score (nSPS) is 14.7. The molecule has 26 heavy (non-hydrogen) atoms. The lowest BCUT2D eigenvalue weighted by Gasteiger charge is -2.27. The van der Waals surface area contributed by atoms with Crippen LogP contribution in [0.4, 0.5) is 0 Å². The number of H-pyrrole nitrogens is 1. The average Bonchev–Trinajstić information content (AvgIpc) is 2.60. The number of aromatic amines is 1. The summed E-state index contributed by atoms with van der Waals surface area (Å²) in [5, 5.41) is -0.286. The molecule has 1 aliphatic rings. The van der Waals surface area contributed by atoms with Crippen molar-refractivity contribution < 1.29 is 17.9 Å². The zero-order valence-corrected chi connectivity index (χ0v) is 15.7. The van der Waals surface area contributed by atoms with Gasteiger partial charge in [0.15, 0.2) is 0 Å². The van der Waals surface area contributed by atoms with Crippen molar-refractivity contribution in [3.05, 3.63) is 45.4 Å². The lowest BCUT2D eigenvalue weighted by molar-refractivity contribution is 0.238. The summed E-state index contributed by atoms with van der Waals surface area (Å²) in [6, 6.07) is 5.64. The maximum absolute atomic E-state index is 12.2. The maximum Gasteiger partial charge on any atom is 0.255 e. The molecule has 2 heterocycles. The monoisotopic (exact) mass is 379 g/mol. The summed E-state index contributed by atoms with van der Waals surface area (Å²) in [5.74, 6) is 1.40. The number of sulfone groups is 1. The number of ether oxygens (including phenoxy) is 2. The Morgan fingerprint density at radius 2 is 1.85 bits per heavy atom. The quantitative estimate of drug-likeness (QED) is 0.765. The molecule has 1 aliphatic heterocycles. The third-order valence-electron chi connectivity index (χ3n) is 4.30. The average molecular weight is 379 g/mol. The maximum atomic E-state index is 12.2. The molecule has 0 aliphatic carbocycles. The van der Waals surface area contributed by atoms with Crippen molar-refractivity contribution in [2.75, 3.05) is 27.0 Å². The molecule has 0 radical (unpaired) electrons. The first-order valence-corrected chi connectivity index (χ1v) is 9.95. The molecule has 3 rings (SSSR count). The predicted molar refractivity (Wildman–Crippen MR) is 95.3 cm³/mol. The van der Waals surface area contributed by atoms with Crippen LogP contribution in [-0.4, -0.2) is 50.3 Å². The molecule has 0 spiro atoms. The Balaban J connectivity index is 1.87. The summed E-state index contributed by atoms with van der Waals surface area (Å²) < 4.78 is 34.0. The van der Waals surface area contributed by atoms with E-state index in [0.29, 0.717) is 48.8 Å². The highest BCUT2D eigenvalue weighted by Gasteiger charge is 2.23. The van der Waals surface area contributed by atoms with Gasteiger partial charge in [0.25, 0.3) is 5.56 Å². The molecule has 0 unspecified atom stereocenters. The highest BCUT2D eigenvalue weighted by Crippen LogP contribution is 2.25. The number of aromatic nitrogens is 2. The number of nitrogens with one attached hydrogen (secondary N) is 1. The minimum Gasteiger partial charge on any atom is -0.497 e. The van der Waals surface area contributed by atoms with Crippen LogP contribution < -0.4 is 15.0 Å². The number of rotatable bonds is 5. The molecule has 1 aromatic heterocycles. The van der Waals surface area contributed by atoms with E-state index < -0.39 is 9.84 Å². The van der Waals surface area contributed by atoms with E-state index in [-0.39, 0.29) is 10.7 Å². The molecular formula is C17H21N3O5S. The number of fused-ring (bicyclic) bond motifs is 1. The highest BCUT2D eigenvalue weighted by molar-refractivity contribution is 7.90. The lowest BCUT2D eigenvalue weighted by atomic mass is 10.1. The fourth-order valence-electron chi connectivity index (χ4n) is 3.00. The van der Waals surface area contributed by atoms with Gasteiger partial charge in [0.2, 0.25) is 15.0 Å². The van der Waals surface area contributed by atoms with Crippen LogP contribution >= 0.6 is 0 Å². The van der Waals surface area contributed by atoms with Gasteiger partial charge in [-0.25, -0.2) is 13.4 Å². The fraction of sp³-hybridized carbons (Fsp3) is 0.412. The van der Waals surface area contributed by atoms with Gasteiger partial charge in [0, 0.05) is 37.5 Å². The van der Waals surface area contributed by atoms with E-state index in [1.54, 1.807) is 20.3 Å². The van der Waals surface area contributed by atoms with Gasteiger partial charge in [0.1, 0.15) is 11.5 Å². The number of methoxy groups -OCH3 is 2. The van der Waals surface area contributed by atoms with E-state index in [1.807, 2.05) is 12.1 Å². The van der Waals surface area contributed by atoms with Crippen molar-refractivity contribution in [3.63, 3.8) is 0 Å². The Morgan fingerprint density at radius 1 is 1.19 bits per heavy atom. The van der Waals surface area contributed by atoms with Crippen LogP contribution in [0.1, 0.15) is 16.8 Å². The summed E-state index contributed by atoms with van der Waals surface area (Å²) in [6.45, 7) is 1.69. The van der Waals surface area contributed by atoms with Gasteiger partial charge < -0.3 is 9.47 Å². The molecule has 0 fully saturated rings. The third kappa shape index (κ3) is 3.88. The zero-order chi connectivity index (χ0) is 18.9. The van der Waals surface area contributed by atoms with Crippen LogP contribution in [0.25, 0.3) is 0 Å². The van der Waals surface area contributed by atoms with Crippen molar-refractivity contribution in [1.82, 2.24) is 14.9 Å². The summed E-state index contributed by atoms with van der Waals surface area (Å²) in [5.41, 5.74) is 1.68. The van der Waals surface area contributed by atoms with Crippen molar-refractivity contribution >= 4 is 9.84 Å². The standard InChI is InChI=1S/C17H21N3O5S/c1-24-12-6-11(7-13(8-12)25-2)9-20-5-4-14-15(10-20)18-17(19-16(14)21)26(3,22)23/h6-8H,4-5,9-10H2,1-3H3,(H,18,19,21). The van der Waals surface area contributed by atoms with E-state index in [1.165, 1.54) is 0 Å². The van der Waals surface area contributed by atoms with Gasteiger partial charge >= 0.3 is 0 Å². The van der Waals surface area contributed by atoms with E-state index >= 15 is 0 Å². The molecule has 1 N–H and O–H groups in total. The second kappa shape index (κ2) is 7.08. The van der Waals surface area contributed by atoms with E-state index in [9.17, 15) is 13.2 Å². The van der Waals surface area contributed by atoms with E-state index in [0.717, 1.165) is 11.8 Å². The van der Waals surface area contributed by atoms with Crippen LogP contribution in [0.15, 0.2) is 28.2 Å². The molecular weight excluding hydrogens is 358 g/mol. The van der Waals surface area contributed by atoms with Crippen molar-refractivity contribution in [2.45, 2.75) is 24.7 Å². The zero-order valence-electron chi connectivity index (χ0n) is 14.9. The van der Waals surface area contributed by atoms with Crippen LogP contribution in [0.5, 0.6) is 11.5 Å². The van der Waals surface area contributed by atoms with E-state index in [4.69, 9.17) is 9.47 Å². The van der Waals surface area contributed by atoms with Gasteiger partial charge in [-0.15, -0.1) is 0 Å². The second-order valence-corrected chi connectivity index (χ2v) is 8.18. The Labute approximate surface area is 151 Å². The minimum atomic E-state index is -3.57. The Hall–Kier alpha value is -2.39. The molecule has 0 amide bonds. The second-order valence-electron chi connectivity index (χ2n) is 6.25. The van der Waals surface area contributed by atoms with Crippen LogP contribution in [0.3, 0.4) is 0 Å². The number of hydrogen-bond acceptors (Lipinski definition) is 7. The van der Waals surface area contributed by atoms with Crippen molar-refractivity contribution in [2.24, 2.45) is 0 Å². The van der Waals surface area contributed by atoms with Gasteiger partial charge in [-0.2, -0.15) is 0 Å². The smallest absolute Gasteiger partial charge is 0.255 e. The van der Waals surface area contributed by atoms with Gasteiger partial charge in [-0.1, -0.05) is 0 Å². The van der Waals surface area contributed by atoms with Crippen molar-refractivity contribution in [3.8, 4) is 11.5 Å². The number of benzene rings is 1. The Morgan fingerprint density at radius 3 is 2.42 bits per heavy atom. The topological polar surface area (TPSA) is 102 Å². The summed E-state index contributed by atoms with van der Waals surface area (Å²) in [6.07, 6.45) is 1.55.